The summed E-state index contributed by atoms with van der Waals surface area (Å²) in [6.07, 6.45) is 0. The van der Waals surface area contributed by atoms with Gasteiger partial charge in [0.05, 0.1) is 5.56 Å². The highest BCUT2D eigenvalue weighted by molar-refractivity contribution is 5.92. The summed E-state index contributed by atoms with van der Waals surface area (Å²) in [4.78, 5) is 22.5. The quantitative estimate of drug-likeness (QED) is 0.885. The van der Waals surface area contributed by atoms with Gasteiger partial charge in [-0.15, -0.1) is 0 Å². The summed E-state index contributed by atoms with van der Waals surface area (Å²) in [7, 11) is 0. The number of nitrogens with one attached hydrogen (secondary N) is 1. The molecular formula is C16H15NO4. The third-order valence-corrected chi connectivity index (χ3v) is 2.89. The first kappa shape index (κ1) is 14.6. The number of hydrogen-bond acceptors (Lipinski definition) is 3. The van der Waals surface area contributed by atoms with Crippen molar-refractivity contribution in [2.24, 2.45) is 0 Å². The minimum Gasteiger partial charge on any atom is -0.484 e. The maximum absolute atomic E-state index is 11.8. The highest BCUT2D eigenvalue weighted by Gasteiger charge is 2.06. The van der Waals surface area contributed by atoms with Crippen molar-refractivity contribution >= 4 is 17.6 Å². The van der Waals surface area contributed by atoms with E-state index < -0.39 is 5.97 Å². The van der Waals surface area contributed by atoms with Crippen molar-refractivity contribution in [2.45, 2.75) is 6.92 Å². The van der Waals surface area contributed by atoms with E-state index in [4.69, 9.17) is 9.84 Å². The minimum atomic E-state index is -1.00. The van der Waals surface area contributed by atoms with Gasteiger partial charge < -0.3 is 15.2 Å². The van der Waals surface area contributed by atoms with E-state index in [2.05, 4.69) is 5.32 Å². The van der Waals surface area contributed by atoms with Crippen LogP contribution < -0.4 is 10.1 Å². The minimum absolute atomic E-state index is 0.138. The van der Waals surface area contributed by atoms with Gasteiger partial charge in [-0.3, -0.25) is 4.79 Å². The van der Waals surface area contributed by atoms with Crippen LogP contribution in [0.15, 0.2) is 48.5 Å². The molecule has 2 aromatic rings. The molecule has 0 fully saturated rings. The number of anilines is 1. The fourth-order valence-electron chi connectivity index (χ4n) is 1.74. The van der Waals surface area contributed by atoms with E-state index in [0.717, 1.165) is 11.3 Å². The fraction of sp³-hybridized carbons (Fsp3) is 0.125. The van der Waals surface area contributed by atoms with Crippen LogP contribution in [0.2, 0.25) is 0 Å². The molecule has 0 aromatic heterocycles. The van der Waals surface area contributed by atoms with Crippen molar-refractivity contribution in [2.75, 3.05) is 11.9 Å². The Labute approximate surface area is 122 Å². The molecule has 0 aliphatic carbocycles. The number of carbonyl (C=O) groups is 2. The van der Waals surface area contributed by atoms with Gasteiger partial charge in [-0.2, -0.15) is 0 Å². The van der Waals surface area contributed by atoms with E-state index >= 15 is 0 Å². The van der Waals surface area contributed by atoms with Crippen molar-refractivity contribution in [1.29, 1.82) is 0 Å². The zero-order chi connectivity index (χ0) is 15.2. The van der Waals surface area contributed by atoms with Crippen molar-refractivity contribution < 1.29 is 19.4 Å². The predicted molar refractivity (Wildman–Crippen MR) is 78.7 cm³/mol. The van der Waals surface area contributed by atoms with Crippen LogP contribution >= 0.6 is 0 Å². The number of aromatic carboxylic acids is 1. The molecular weight excluding hydrogens is 270 g/mol. The number of carbonyl (C=O) groups excluding carboxylic acids is 1. The molecule has 0 aliphatic heterocycles. The van der Waals surface area contributed by atoms with Gasteiger partial charge in [-0.25, -0.2) is 4.79 Å². The highest BCUT2D eigenvalue weighted by atomic mass is 16.5. The Kier molecular flexibility index (Phi) is 4.56. The number of amides is 1. The standard InChI is InChI=1S/C16H15NO4/c1-11-4-2-3-5-14(11)17-15(18)10-21-13-8-6-12(7-9-13)16(19)20/h2-9H,10H2,1H3,(H,17,18)(H,19,20). The van der Waals surface area contributed by atoms with Crippen LogP contribution in [-0.2, 0) is 4.79 Å². The molecule has 0 unspecified atom stereocenters. The summed E-state index contributed by atoms with van der Waals surface area (Å²) in [5, 5.41) is 11.5. The summed E-state index contributed by atoms with van der Waals surface area (Å²) in [5.41, 5.74) is 1.88. The average molecular weight is 285 g/mol. The number of benzene rings is 2. The maximum Gasteiger partial charge on any atom is 0.335 e. The van der Waals surface area contributed by atoms with E-state index in [1.807, 2.05) is 31.2 Å². The number of rotatable bonds is 5. The molecule has 0 bridgehead atoms. The number of hydrogen-bond donors (Lipinski definition) is 2. The van der Waals surface area contributed by atoms with Gasteiger partial charge in [-0.05, 0) is 42.8 Å². The van der Waals surface area contributed by atoms with Gasteiger partial charge in [0.25, 0.3) is 5.91 Å². The molecule has 2 aromatic carbocycles. The van der Waals surface area contributed by atoms with Crippen LogP contribution in [0.25, 0.3) is 0 Å². The van der Waals surface area contributed by atoms with Crippen LogP contribution in [0, 0.1) is 6.92 Å². The Hall–Kier alpha value is -2.82. The lowest BCUT2D eigenvalue weighted by atomic mass is 10.2. The number of ether oxygens (including phenoxy) is 1. The molecule has 0 saturated carbocycles. The molecule has 2 rings (SSSR count). The van der Waals surface area contributed by atoms with Crippen LogP contribution in [0.3, 0.4) is 0 Å². The normalized spacial score (nSPS) is 9.95. The second-order valence-electron chi connectivity index (χ2n) is 4.48. The van der Waals surface area contributed by atoms with E-state index in [9.17, 15) is 9.59 Å². The second-order valence-corrected chi connectivity index (χ2v) is 4.48. The molecule has 0 radical (unpaired) electrons. The third-order valence-electron chi connectivity index (χ3n) is 2.89. The zero-order valence-corrected chi connectivity index (χ0v) is 11.5. The van der Waals surface area contributed by atoms with Crippen LogP contribution in [0.1, 0.15) is 15.9 Å². The Morgan fingerprint density at radius 3 is 2.38 bits per heavy atom. The van der Waals surface area contributed by atoms with E-state index in [0.29, 0.717) is 5.75 Å². The molecule has 108 valence electrons. The number of carboxylic acids is 1. The molecule has 0 saturated heterocycles. The SMILES string of the molecule is Cc1ccccc1NC(=O)COc1ccc(C(=O)O)cc1. The van der Waals surface area contributed by atoms with Crippen LogP contribution in [0.4, 0.5) is 5.69 Å². The smallest absolute Gasteiger partial charge is 0.335 e. The molecule has 0 heterocycles. The lowest BCUT2D eigenvalue weighted by Gasteiger charge is -2.09. The van der Waals surface area contributed by atoms with Gasteiger partial charge in [-0.1, -0.05) is 18.2 Å². The van der Waals surface area contributed by atoms with Gasteiger partial charge >= 0.3 is 5.97 Å². The molecule has 0 atom stereocenters. The molecule has 5 nitrogen and oxygen atoms in total. The maximum atomic E-state index is 11.8. The third kappa shape index (κ3) is 4.07. The van der Waals surface area contributed by atoms with Crippen molar-refractivity contribution in [3.8, 4) is 5.75 Å². The lowest BCUT2D eigenvalue weighted by molar-refractivity contribution is -0.118. The van der Waals surface area contributed by atoms with Gasteiger partial charge in [0.2, 0.25) is 0 Å². The summed E-state index contributed by atoms with van der Waals surface area (Å²) in [6.45, 7) is 1.77. The summed E-state index contributed by atoms with van der Waals surface area (Å²) >= 11 is 0. The summed E-state index contributed by atoms with van der Waals surface area (Å²) in [5.74, 6) is -0.828. The zero-order valence-electron chi connectivity index (χ0n) is 11.5. The Morgan fingerprint density at radius 1 is 1.10 bits per heavy atom. The second kappa shape index (κ2) is 6.56. The van der Waals surface area contributed by atoms with E-state index in [1.54, 1.807) is 0 Å². The fourth-order valence-corrected chi connectivity index (χ4v) is 1.74. The predicted octanol–water partition coefficient (Wildman–Crippen LogP) is 2.71. The Bertz CT molecular complexity index is 650. The topological polar surface area (TPSA) is 75.6 Å². The van der Waals surface area contributed by atoms with Crippen molar-refractivity contribution in [1.82, 2.24) is 0 Å². The Balaban J connectivity index is 1.89. The number of para-hydroxylation sites is 1. The van der Waals surface area contributed by atoms with Crippen LogP contribution in [-0.4, -0.2) is 23.6 Å². The van der Waals surface area contributed by atoms with Crippen molar-refractivity contribution in [3.63, 3.8) is 0 Å². The molecule has 2 N–H and O–H groups in total. The first-order valence-corrected chi connectivity index (χ1v) is 6.38. The summed E-state index contributed by atoms with van der Waals surface area (Å²) < 4.78 is 5.31. The largest absolute Gasteiger partial charge is 0.484 e. The first-order valence-electron chi connectivity index (χ1n) is 6.38. The number of carboxylic acid groups (broad SMARTS) is 1. The van der Waals surface area contributed by atoms with Crippen LogP contribution in [0.5, 0.6) is 5.75 Å². The number of aryl methyl sites for hydroxylation is 1. The first-order chi connectivity index (χ1) is 10.1. The van der Waals surface area contributed by atoms with E-state index in [-0.39, 0.29) is 18.1 Å². The van der Waals surface area contributed by atoms with Crippen molar-refractivity contribution in [3.05, 3.63) is 59.7 Å². The van der Waals surface area contributed by atoms with Gasteiger partial charge in [0.1, 0.15) is 5.75 Å². The molecule has 0 spiro atoms. The Morgan fingerprint density at radius 2 is 1.76 bits per heavy atom. The lowest BCUT2D eigenvalue weighted by Crippen LogP contribution is -2.20. The summed E-state index contributed by atoms with van der Waals surface area (Å²) in [6, 6.07) is 13.3. The molecule has 1 amide bonds. The van der Waals surface area contributed by atoms with Gasteiger partial charge in [0, 0.05) is 5.69 Å². The average Bonchev–Trinajstić information content (AvgIpc) is 2.48. The van der Waals surface area contributed by atoms with E-state index in [1.165, 1.54) is 24.3 Å². The molecule has 21 heavy (non-hydrogen) atoms. The highest BCUT2D eigenvalue weighted by Crippen LogP contribution is 2.14. The van der Waals surface area contributed by atoms with Gasteiger partial charge in [0.15, 0.2) is 6.61 Å². The molecule has 5 heteroatoms. The monoisotopic (exact) mass is 285 g/mol. The molecule has 0 aliphatic rings.